The van der Waals surface area contributed by atoms with Crippen LogP contribution in [0.1, 0.15) is 27.0 Å². The van der Waals surface area contributed by atoms with Gasteiger partial charge in [0.05, 0.1) is 12.1 Å². The van der Waals surface area contributed by atoms with Gasteiger partial charge in [0.2, 0.25) is 0 Å². The van der Waals surface area contributed by atoms with E-state index >= 15 is 0 Å². The van der Waals surface area contributed by atoms with Gasteiger partial charge in [0.15, 0.2) is 0 Å². The van der Waals surface area contributed by atoms with Crippen LogP contribution in [0.4, 0.5) is 13.2 Å². The van der Waals surface area contributed by atoms with Gasteiger partial charge in [0.25, 0.3) is 11.5 Å². The number of nitrogens with one attached hydrogen (secondary N) is 1. The largest absolute Gasteiger partial charge is 0.416 e. The lowest BCUT2D eigenvalue weighted by atomic mass is 9.98. The van der Waals surface area contributed by atoms with E-state index < -0.39 is 11.7 Å². The Bertz CT molecular complexity index is 1340. The zero-order chi connectivity index (χ0) is 24.1. The molecule has 4 aromatic rings. The van der Waals surface area contributed by atoms with Crippen LogP contribution >= 0.6 is 0 Å². The van der Waals surface area contributed by atoms with E-state index in [9.17, 15) is 22.8 Å². The van der Waals surface area contributed by atoms with Gasteiger partial charge in [-0.3, -0.25) is 9.59 Å². The SMILES string of the molecule is O=C(NCc1ccc(Cn2ccccc2=O)cc1)c1ccccc1-c1ccc(C(F)(F)F)cc1. The van der Waals surface area contributed by atoms with Gasteiger partial charge in [0.1, 0.15) is 0 Å². The number of carbonyl (C=O) groups is 1. The Balaban J connectivity index is 1.44. The average Bonchev–Trinajstić information content (AvgIpc) is 2.84. The third-order valence-corrected chi connectivity index (χ3v) is 5.42. The summed E-state index contributed by atoms with van der Waals surface area (Å²) in [4.78, 5) is 24.7. The molecule has 3 aromatic carbocycles. The number of rotatable bonds is 6. The molecule has 0 aliphatic heterocycles. The molecule has 0 bridgehead atoms. The average molecular weight is 462 g/mol. The Labute approximate surface area is 194 Å². The van der Waals surface area contributed by atoms with Crippen LogP contribution < -0.4 is 10.9 Å². The number of alkyl halides is 3. The lowest BCUT2D eigenvalue weighted by Gasteiger charge is -2.12. The first-order valence-corrected chi connectivity index (χ1v) is 10.6. The molecule has 1 amide bonds. The zero-order valence-electron chi connectivity index (χ0n) is 18.0. The van der Waals surface area contributed by atoms with Crippen molar-refractivity contribution in [3.63, 3.8) is 0 Å². The molecular weight excluding hydrogens is 441 g/mol. The number of benzene rings is 3. The summed E-state index contributed by atoms with van der Waals surface area (Å²) in [6.45, 7) is 0.735. The monoisotopic (exact) mass is 462 g/mol. The Hall–Kier alpha value is -4.13. The summed E-state index contributed by atoms with van der Waals surface area (Å²) in [5.41, 5.74) is 2.48. The van der Waals surface area contributed by atoms with Gasteiger partial charge in [-0.15, -0.1) is 0 Å². The minimum atomic E-state index is -4.41. The highest BCUT2D eigenvalue weighted by atomic mass is 19.4. The van der Waals surface area contributed by atoms with Gasteiger partial charge in [0, 0.05) is 24.4 Å². The summed E-state index contributed by atoms with van der Waals surface area (Å²) in [7, 11) is 0. The van der Waals surface area contributed by atoms with Crippen LogP contribution in [0.15, 0.2) is 102 Å². The fraction of sp³-hybridized carbons (Fsp3) is 0.111. The summed E-state index contributed by atoms with van der Waals surface area (Å²) >= 11 is 0. The second kappa shape index (κ2) is 9.79. The van der Waals surface area contributed by atoms with E-state index in [1.807, 2.05) is 24.3 Å². The number of halogens is 3. The lowest BCUT2D eigenvalue weighted by molar-refractivity contribution is -0.137. The maximum absolute atomic E-state index is 12.9. The van der Waals surface area contributed by atoms with Crippen LogP contribution in [0.2, 0.25) is 0 Å². The van der Waals surface area contributed by atoms with Gasteiger partial charge < -0.3 is 9.88 Å². The van der Waals surface area contributed by atoms with Gasteiger partial charge >= 0.3 is 6.18 Å². The molecule has 7 heteroatoms. The van der Waals surface area contributed by atoms with Crippen LogP contribution in [-0.2, 0) is 19.3 Å². The molecular formula is C27H21F3N2O2. The van der Waals surface area contributed by atoms with Crippen molar-refractivity contribution in [3.05, 3.63) is 130 Å². The first-order valence-electron chi connectivity index (χ1n) is 10.6. The lowest BCUT2D eigenvalue weighted by Crippen LogP contribution is -2.23. The molecule has 0 saturated carbocycles. The van der Waals surface area contributed by atoms with Crippen molar-refractivity contribution >= 4 is 5.91 Å². The molecule has 0 aliphatic rings. The van der Waals surface area contributed by atoms with Crippen LogP contribution in [0.3, 0.4) is 0 Å². The molecule has 34 heavy (non-hydrogen) atoms. The number of hydrogen-bond donors (Lipinski definition) is 1. The molecule has 0 atom stereocenters. The van der Waals surface area contributed by atoms with E-state index in [2.05, 4.69) is 5.32 Å². The van der Waals surface area contributed by atoms with E-state index in [4.69, 9.17) is 0 Å². The van der Waals surface area contributed by atoms with Gasteiger partial charge in [-0.1, -0.05) is 60.7 Å². The molecule has 1 N–H and O–H groups in total. The third-order valence-electron chi connectivity index (χ3n) is 5.42. The van der Waals surface area contributed by atoms with Crippen LogP contribution in [0.25, 0.3) is 11.1 Å². The van der Waals surface area contributed by atoms with Crippen molar-refractivity contribution in [2.45, 2.75) is 19.3 Å². The summed E-state index contributed by atoms with van der Waals surface area (Å²) < 4.78 is 40.2. The maximum Gasteiger partial charge on any atom is 0.416 e. The second-order valence-electron chi connectivity index (χ2n) is 7.79. The summed E-state index contributed by atoms with van der Waals surface area (Å²) in [5.74, 6) is -0.324. The van der Waals surface area contributed by atoms with Crippen LogP contribution in [0.5, 0.6) is 0 Å². The fourth-order valence-electron chi connectivity index (χ4n) is 3.60. The van der Waals surface area contributed by atoms with E-state index in [0.717, 1.165) is 23.3 Å². The van der Waals surface area contributed by atoms with Gasteiger partial charge in [-0.05, 0) is 46.5 Å². The minimum Gasteiger partial charge on any atom is -0.348 e. The number of amides is 1. The van der Waals surface area contributed by atoms with E-state index in [1.54, 1.807) is 47.2 Å². The molecule has 0 aliphatic carbocycles. The Morgan fingerprint density at radius 3 is 2.12 bits per heavy atom. The zero-order valence-corrected chi connectivity index (χ0v) is 18.0. The minimum absolute atomic E-state index is 0.0782. The van der Waals surface area contributed by atoms with Crippen molar-refractivity contribution < 1.29 is 18.0 Å². The Kier molecular flexibility index (Phi) is 6.63. The van der Waals surface area contributed by atoms with E-state index in [-0.39, 0.29) is 18.0 Å². The highest BCUT2D eigenvalue weighted by molar-refractivity contribution is 6.00. The number of hydrogen-bond acceptors (Lipinski definition) is 2. The Morgan fingerprint density at radius 1 is 0.794 bits per heavy atom. The quantitative estimate of drug-likeness (QED) is 0.411. The first kappa shape index (κ1) is 23.0. The molecule has 172 valence electrons. The third kappa shape index (κ3) is 5.43. The van der Waals surface area contributed by atoms with Crippen LogP contribution in [0, 0.1) is 0 Å². The Morgan fingerprint density at radius 2 is 1.44 bits per heavy atom. The molecule has 4 nitrogen and oxygen atoms in total. The summed E-state index contributed by atoms with van der Waals surface area (Å²) in [6, 6.07) is 24.1. The van der Waals surface area contributed by atoms with E-state index in [1.165, 1.54) is 18.2 Å². The molecule has 4 rings (SSSR count). The number of pyridine rings is 1. The van der Waals surface area contributed by atoms with Gasteiger partial charge in [-0.2, -0.15) is 13.2 Å². The second-order valence-corrected chi connectivity index (χ2v) is 7.79. The molecule has 0 fully saturated rings. The van der Waals surface area contributed by atoms with Gasteiger partial charge in [-0.25, -0.2) is 0 Å². The molecule has 0 spiro atoms. The molecule has 0 saturated heterocycles. The van der Waals surface area contributed by atoms with Crippen molar-refractivity contribution in [3.8, 4) is 11.1 Å². The van der Waals surface area contributed by atoms with Crippen LogP contribution in [-0.4, -0.2) is 10.5 Å². The predicted octanol–water partition coefficient (Wildman–Crippen LogP) is 5.51. The molecule has 1 heterocycles. The highest BCUT2D eigenvalue weighted by Gasteiger charge is 2.30. The standard InChI is InChI=1S/C27H21F3N2O2/c28-27(29,30)22-14-12-21(13-15-22)23-5-1-2-6-24(23)26(34)31-17-19-8-10-20(11-9-19)18-32-16-4-3-7-25(32)33/h1-16H,17-18H2,(H,31,34). The van der Waals surface area contributed by atoms with Crippen molar-refractivity contribution in [2.75, 3.05) is 0 Å². The number of aromatic nitrogens is 1. The predicted molar refractivity (Wildman–Crippen MR) is 124 cm³/mol. The number of nitrogens with zero attached hydrogens (tertiary/aromatic N) is 1. The molecule has 0 radical (unpaired) electrons. The summed E-state index contributed by atoms with van der Waals surface area (Å²) in [5, 5.41) is 2.87. The van der Waals surface area contributed by atoms with Crippen molar-refractivity contribution in [1.29, 1.82) is 0 Å². The normalized spacial score (nSPS) is 11.3. The maximum atomic E-state index is 12.9. The van der Waals surface area contributed by atoms with Crippen molar-refractivity contribution in [2.24, 2.45) is 0 Å². The fourth-order valence-corrected chi connectivity index (χ4v) is 3.60. The topological polar surface area (TPSA) is 51.1 Å². The smallest absolute Gasteiger partial charge is 0.348 e. The van der Waals surface area contributed by atoms with Crippen molar-refractivity contribution in [1.82, 2.24) is 9.88 Å². The number of carbonyl (C=O) groups excluding carboxylic acids is 1. The van der Waals surface area contributed by atoms with E-state index in [0.29, 0.717) is 23.2 Å². The summed E-state index contributed by atoms with van der Waals surface area (Å²) in [6.07, 6.45) is -2.69. The molecule has 0 unspecified atom stereocenters. The molecule has 1 aromatic heterocycles. The first-order chi connectivity index (χ1) is 16.3. The highest BCUT2D eigenvalue weighted by Crippen LogP contribution is 2.31.